The number of hydrogen-bond donors (Lipinski definition) is 0. The molecule has 1 aromatic rings. The number of benzene rings is 1. The Morgan fingerprint density at radius 1 is 1.45 bits per heavy atom. The first kappa shape index (κ1) is 14.4. The van der Waals surface area contributed by atoms with Crippen molar-refractivity contribution in [3.05, 3.63) is 35.9 Å². The van der Waals surface area contributed by atoms with Crippen molar-refractivity contribution in [1.82, 2.24) is 4.90 Å². The molecule has 1 saturated heterocycles. The molecule has 4 nitrogen and oxygen atoms in total. The molecule has 1 amide bonds. The lowest BCUT2D eigenvalue weighted by Crippen LogP contribution is -2.44. The fourth-order valence-electron chi connectivity index (χ4n) is 2.71. The summed E-state index contributed by atoms with van der Waals surface area (Å²) in [6, 6.07) is 12.5. The molecular weight excluding hydrogens is 252 g/mol. The van der Waals surface area contributed by atoms with Gasteiger partial charge in [0.25, 0.3) is 0 Å². The maximum Gasteiger partial charge on any atom is 0.409 e. The van der Waals surface area contributed by atoms with E-state index >= 15 is 0 Å². The molecule has 1 fully saturated rings. The van der Waals surface area contributed by atoms with Crippen molar-refractivity contribution in [2.45, 2.75) is 19.8 Å². The zero-order valence-corrected chi connectivity index (χ0v) is 11.8. The van der Waals surface area contributed by atoms with Crippen LogP contribution in [0.2, 0.25) is 0 Å². The number of carbonyl (C=O) groups is 1. The van der Waals surface area contributed by atoms with Crippen LogP contribution in [0.25, 0.3) is 0 Å². The first-order chi connectivity index (χ1) is 9.74. The van der Waals surface area contributed by atoms with Crippen molar-refractivity contribution in [1.29, 1.82) is 5.26 Å². The normalized spacial score (nSPS) is 22.1. The van der Waals surface area contributed by atoms with Gasteiger partial charge in [-0.25, -0.2) is 4.79 Å². The molecule has 4 heteroatoms. The lowest BCUT2D eigenvalue weighted by Gasteiger charge is -2.35. The van der Waals surface area contributed by atoms with Gasteiger partial charge < -0.3 is 9.64 Å². The number of ether oxygens (including phenoxy) is 1. The van der Waals surface area contributed by atoms with E-state index in [1.54, 1.807) is 11.8 Å². The van der Waals surface area contributed by atoms with Crippen LogP contribution in [0.1, 0.15) is 18.9 Å². The molecule has 0 spiro atoms. The Morgan fingerprint density at radius 3 is 2.85 bits per heavy atom. The Morgan fingerprint density at radius 2 is 2.20 bits per heavy atom. The van der Waals surface area contributed by atoms with Crippen LogP contribution >= 0.6 is 0 Å². The number of carbonyl (C=O) groups excluding carboxylic acids is 1. The van der Waals surface area contributed by atoms with Gasteiger partial charge in [0.15, 0.2) is 0 Å². The zero-order valence-electron chi connectivity index (χ0n) is 11.8. The van der Waals surface area contributed by atoms with Crippen LogP contribution in [0.3, 0.4) is 0 Å². The summed E-state index contributed by atoms with van der Waals surface area (Å²) < 4.78 is 5.05. The van der Waals surface area contributed by atoms with Gasteiger partial charge in [-0.15, -0.1) is 0 Å². The van der Waals surface area contributed by atoms with E-state index in [1.165, 1.54) is 5.56 Å². The number of hydrogen-bond acceptors (Lipinski definition) is 3. The molecule has 0 saturated carbocycles. The highest BCUT2D eigenvalue weighted by Gasteiger charge is 2.32. The summed E-state index contributed by atoms with van der Waals surface area (Å²) >= 11 is 0. The average Bonchev–Trinajstić information content (AvgIpc) is 2.48. The fraction of sp³-hybridized carbons (Fsp3) is 0.500. The summed E-state index contributed by atoms with van der Waals surface area (Å²) in [4.78, 5) is 13.5. The molecule has 1 aliphatic rings. The minimum absolute atomic E-state index is 0.0147. The average molecular weight is 272 g/mol. The van der Waals surface area contributed by atoms with Gasteiger partial charge in [0.05, 0.1) is 18.6 Å². The molecule has 1 aliphatic heterocycles. The largest absolute Gasteiger partial charge is 0.450 e. The Bertz CT molecular complexity index is 481. The molecule has 0 aromatic heterocycles. The molecule has 0 bridgehead atoms. The molecule has 1 aromatic carbocycles. The van der Waals surface area contributed by atoms with Gasteiger partial charge in [-0.05, 0) is 31.2 Å². The third-order valence-corrected chi connectivity index (χ3v) is 3.77. The molecular formula is C16H20N2O2. The van der Waals surface area contributed by atoms with E-state index in [2.05, 4.69) is 18.2 Å². The van der Waals surface area contributed by atoms with Crippen molar-refractivity contribution in [3.8, 4) is 6.07 Å². The summed E-state index contributed by atoms with van der Waals surface area (Å²) in [7, 11) is 0. The zero-order chi connectivity index (χ0) is 14.4. The molecule has 0 radical (unpaired) electrons. The fourth-order valence-corrected chi connectivity index (χ4v) is 2.71. The number of nitrogens with zero attached hydrogens (tertiary/aromatic N) is 2. The van der Waals surface area contributed by atoms with E-state index in [1.807, 2.05) is 18.2 Å². The van der Waals surface area contributed by atoms with E-state index in [4.69, 9.17) is 4.74 Å². The van der Waals surface area contributed by atoms with Gasteiger partial charge in [0.1, 0.15) is 0 Å². The Balaban J connectivity index is 2.03. The highest BCUT2D eigenvalue weighted by Crippen LogP contribution is 2.26. The SMILES string of the molecule is CCOC(=O)N1CCC(C#N)C(Cc2ccccc2)C1. The molecule has 20 heavy (non-hydrogen) atoms. The predicted octanol–water partition coefficient (Wildman–Crippen LogP) is 2.85. The van der Waals surface area contributed by atoms with Crippen LogP contribution < -0.4 is 0 Å². The lowest BCUT2D eigenvalue weighted by molar-refractivity contribution is 0.0801. The summed E-state index contributed by atoms with van der Waals surface area (Å²) in [5.41, 5.74) is 1.21. The summed E-state index contributed by atoms with van der Waals surface area (Å²) in [5.74, 6) is 0.196. The Hall–Kier alpha value is -2.02. The first-order valence-corrected chi connectivity index (χ1v) is 7.09. The molecule has 1 heterocycles. The van der Waals surface area contributed by atoms with Gasteiger partial charge in [0, 0.05) is 13.1 Å². The minimum Gasteiger partial charge on any atom is -0.450 e. The van der Waals surface area contributed by atoms with E-state index in [0.29, 0.717) is 19.7 Å². The second-order valence-electron chi connectivity index (χ2n) is 5.12. The molecule has 106 valence electrons. The smallest absolute Gasteiger partial charge is 0.409 e. The van der Waals surface area contributed by atoms with Crippen LogP contribution in [0.4, 0.5) is 4.79 Å². The standard InChI is InChI=1S/C16H20N2O2/c1-2-20-16(19)18-9-8-14(11-17)15(12-18)10-13-6-4-3-5-7-13/h3-7,14-15H,2,8-10,12H2,1H3. The van der Waals surface area contributed by atoms with Gasteiger partial charge in [-0.2, -0.15) is 5.26 Å². The topological polar surface area (TPSA) is 53.3 Å². The highest BCUT2D eigenvalue weighted by molar-refractivity contribution is 5.67. The molecule has 2 atom stereocenters. The van der Waals surface area contributed by atoms with Gasteiger partial charge in [-0.1, -0.05) is 30.3 Å². The molecule has 2 rings (SSSR count). The number of rotatable bonds is 3. The van der Waals surface area contributed by atoms with Gasteiger partial charge >= 0.3 is 6.09 Å². The third kappa shape index (κ3) is 3.51. The second-order valence-corrected chi connectivity index (χ2v) is 5.12. The van der Waals surface area contributed by atoms with Crippen LogP contribution in [-0.2, 0) is 11.2 Å². The van der Waals surface area contributed by atoms with E-state index in [9.17, 15) is 10.1 Å². The van der Waals surface area contributed by atoms with Gasteiger partial charge in [-0.3, -0.25) is 0 Å². The van der Waals surface area contributed by atoms with E-state index < -0.39 is 0 Å². The van der Waals surface area contributed by atoms with Crippen LogP contribution in [0, 0.1) is 23.2 Å². The van der Waals surface area contributed by atoms with Crippen LogP contribution in [0.5, 0.6) is 0 Å². The van der Waals surface area contributed by atoms with Crippen molar-refractivity contribution in [3.63, 3.8) is 0 Å². The lowest BCUT2D eigenvalue weighted by atomic mass is 9.82. The number of amides is 1. The third-order valence-electron chi connectivity index (χ3n) is 3.77. The summed E-state index contributed by atoms with van der Waals surface area (Å²) in [6.45, 7) is 3.41. The number of piperidine rings is 1. The Labute approximate surface area is 120 Å². The quantitative estimate of drug-likeness (QED) is 0.850. The maximum atomic E-state index is 11.8. The first-order valence-electron chi connectivity index (χ1n) is 7.09. The van der Waals surface area contributed by atoms with Crippen LogP contribution in [0.15, 0.2) is 30.3 Å². The minimum atomic E-state index is -0.262. The van der Waals surface area contributed by atoms with Crippen molar-refractivity contribution < 1.29 is 9.53 Å². The van der Waals surface area contributed by atoms with Crippen molar-refractivity contribution in [2.75, 3.05) is 19.7 Å². The van der Waals surface area contributed by atoms with Gasteiger partial charge in [0.2, 0.25) is 0 Å². The Kier molecular flexibility index (Phi) is 5.00. The monoisotopic (exact) mass is 272 g/mol. The highest BCUT2D eigenvalue weighted by atomic mass is 16.6. The summed E-state index contributed by atoms with van der Waals surface area (Å²) in [5, 5.41) is 9.28. The molecule has 0 N–H and O–H groups in total. The molecule has 0 aliphatic carbocycles. The molecule has 2 unspecified atom stereocenters. The van der Waals surface area contributed by atoms with E-state index in [0.717, 1.165) is 12.8 Å². The van der Waals surface area contributed by atoms with E-state index in [-0.39, 0.29) is 17.9 Å². The summed E-state index contributed by atoms with van der Waals surface area (Å²) in [6.07, 6.45) is 1.30. The second kappa shape index (κ2) is 6.95. The number of likely N-dealkylation sites (tertiary alicyclic amines) is 1. The number of nitriles is 1. The predicted molar refractivity (Wildman–Crippen MR) is 76.0 cm³/mol. The maximum absolute atomic E-state index is 11.8. The van der Waals surface area contributed by atoms with Crippen molar-refractivity contribution in [2.24, 2.45) is 11.8 Å². The van der Waals surface area contributed by atoms with Crippen LogP contribution in [-0.4, -0.2) is 30.7 Å². The van der Waals surface area contributed by atoms with Crippen molar-refractivity contribution >= 4 is 6.09 Å².